The summed E-state index contributed by atoms with van der Waals surface area (Å²) in [5, 5.41) is 9.46. The number of rotatable bonds is 3. The fraction of sp³-hybridized carbons (Fsp3) is 0.429. The Labute approximate surface area is 130 Å². The molecule has 1 aromatic rings. The van der Waals surface area contributed by atoms with E-state index in [1.807, 2.05) is 20.2 Å². The standard InChI is InChI=1S/C14H17ClN4OS/c1-19(2)10-17-14-8-11(7-13(15)12(14)9-16)18-21(20)5-3-4-6-21/h7-8,10H,3-6H2,1-2H3/b17-10+. The summed E-state index contributed by atoms with van der Waals surface area (Å²) in [7, 11) is 1.50. The highest BCUT2D eigenvalue weighted by Gasteiger charge is 2.17. The van der Waals surface area contributed by atoms with Gasteiger partial charge in [-0.1, -0.05) is 11.6 Å². The van der Waals surface area contributed by atoms with Crippen LogP contribution in [0.2, 0.25) is 5.02 Å². The second kappa shape index (κ2) is 6.46. The molecule has 0 aliphatic carbocycles. The molecule has 0 atom stereocenters. The second-order valence-electron chi connectivity index (χ2n) is 5.12. The molecule has 0 amide bonds. The Morgan fingerprint density at radius 1 is 1.38 bits per heavy atom. The molecular weight excluding hydrogens is 308 g/mol. The highest BCUT2D eigenvalue weighted by atomic mass is 35.5. The molecule has 1 aromatic carbocycles. The van der Waals surface area contributed by atoms with Gasteiger partial charge in [0.25, 0.3) is 0 Å². The Kier molecular flexibility index (Phi) is 4.86. The van der Waals surface area contributed by atoms with Gasteiger partial charge in [0.1, 0.15) is 6.07 Å². The molecule has 7 heteroatoms. The molecule has 1 aliphatic heterocycles. The number of halogens is 1. The smallest absolute Gasteiger partial charge is 0.103 e. The largest absolute Gasteiger partial charge is 0.369 e. The van der Waals surface area contributed by atoms with Gasteiger partial charge in [-0.25, -0.2) is 9.20 Å². The van der Waals surface area contributed by atoms with Crippen molar-refractivity contribution in [2.45, 2.75) is 12.8 Å². The van der Waals surface area contributed by atoms with Gasteiger partial charge in [0, 0.05) is 25.6 Å². The average molecular weight is 325 g/mol. The zero-order chi connectivity index (χ0) is 15.5. The first-order chi connectivity index (χ1) is 9.93. The lowest BCUT2D eigenvalue weighted by molar-refractivity contribution is 0.643. The minimum Gasteiger partial charge on any atom is -0.369 e. The summed E-state index contributed by atoms with van der Waals surface area (Å²) < 4.78 is 16.8. The lowest BCUT2D eigenvalue weighted by Gasteiger charge is -2.07. The molecular formula is C14H17ClN4OS. The predicted octanol–water partition coefficient (Wildman–Crippen LogP) is 3.33. The summed E-state index contributed by atoms with van der Waals surface area (Å²) in [5.41, 5.74) is 1.27. The molecule has 0 bridgehead atoms. The van der Waals surface area contributed by atoms with E-state index in [2.05, 4.69) is 9.36 Å². The van der Waals surface area contributed by atoms with E-state index < -0.39 is 9.73 Å². The summed E-state index contributed by atoms with van der Waals surface area (Å²) in [6.07, 6.45) is 3.47. The van der Waals surface area contributed by atoms with Gasteiger partial charge in [-0.15, -0.1) is 0 Å². The second-order valence-corrected chi connectivity index (χ2v) is 8.07. The summed E-state index contributed by atoms with van der Waals surface area (Å²) in [4.78, 5) is 6.00. The quantitative estimate of drug-likeness (QED) is 0.632. The Hall–Kier alpha value is -1.58. The van der Waals surface area contributed by atoms with Gasteiger partial charge in [-0.2, -0.15) is 9.62 Å². The van der Waals surface area contributed by atoms with E-state index in [4.69, 9.17) is 11.6 Å². The van der Waals surface area contributed by atoms with Crippen LogP contribution in [0, 0.1) is 11.3 Å². The van der Waals surface area contributed by atoms with Gasteiger partial charge in [0.05, 0.1) is 38.0 Å². The van der Waals surface area contributed by atoms with Crippen molar-refractivity contribution in [2.24, 2.45) is 9.36 Å². The van der Waals surface area contributed by atoms with Crippen LogP contribution < -0.4 is 0 Å². The Bertz CT molecular complexity index is 715. The molecule has 0 unspecified atom stereocenters. The highest BCUT2D eigenvalue weighted by Crippen LogP contribution is 2.33. The number of benzene rings is 1. The van der Waals surface area contributed by atoms with Crippen LogP contribution in [0.15, 0.2) is 21.5 Å². The molecule has 0 aromatic heterocycles. The first kappa shape index (κ1) is 15.8. The molecule has 0 radical (unpaired) electrons. The predicted molar refractivity (Wildman–Crippen MR) is 87.2 cm³/mol. The highest BCUT2D eigenvalue weighted by molar-refractivity contribution is 7.93. The molecule has 1 fully saturated rings. The van der Waals surface area contributed by atoms with Gasteiger partial charge in [-0.3, -0.25) is 0 Å². The molecule has 0 N–H and O–H groups in total. The van der Waals surface area contributed by atoms with Crippen LogP contribution in [0.25, 0.3) is 0 Å². The van der Waals surface area contributed by atoms with Crippen molar-refractivity contribution in [1.82, 2.24) is 4.90 Å². The van der Waals surface area contributed by atoms with Crippen LogP contribution in [-0.4, -0.2) is 41.0 Å². The van der Waals surface area contributed by atoms with E-state index >= 15 is 0 Å². The average Bonchev–Trinajstić information content (AvgIpc) is 2.82. The lowest BCUT2D eigenvalue weighted by atomic mass is 10.2. The zero-order valence-electron chi connectivity index (χ0n) is 12.0. The van der Waals surface area contributed by atoms with Crippen molar-refractivity contribution in [1.29, 1.82) is 5.26 Å². The number of aliphatic imine (C=N–C) groups is 1. The van der Waals surface area contributed by atoms with Crippen LogP contribution in [0.5, 0.6) is 0 Å². The third-order valence-electron chi connectivity index (χ3n) is 3.04. The van der Waals surface area contributed by atoms with Crippen LogP contribution >= 0.6 is 11.6 Å². The van der Waals surface area contributed by atoms with Gasteiger partial charge in [0.15, 0.2) is 0 Å². The lowest BCUT2D eigenvalue weighted by Crippen LogP contribution is -2.07. The maximum absolute atomic E-state index is 12.5. The summed E-state index contributed by atoms with van der Waals surface area (Å²) in [6, 6.07) is 5.29. The molecule has 21 heavy (non-hydrogen) atoms. The van der Waals surface area contributed by atoms with E-state index in [9.17, 15) is 9.47 Å². The minimum atomic E-state index is -2.17. The van der Waals surface area contributed by atoms with Crippen molar-refractivity contribution < 1.29 is 4.21 Å². The third kappa shape index (κ3) is 3.96. The molecule has 0 spiro atoms. The SMILES string of the molecule is CN(C)/C=N/c1cc(N=S2(=O)CCCC2)cc(Cl)c1C#N. The van der Waals surface area contributed by atoms with Gasteiger partial charge < -0.3 is 4.90 Å². The van der Waals surface area contributed by atoms with Crippen LogP contribution in [-0.2, 0) is 9.73 Å². The van der Waals surface area contributed by atoms with E-state index in [1.54, 1.807) is 23.4 Å². The Morgan fingerprint density at radius 2 is 2.05 bits per heavy atom. The number of nitriles is 1. The van der Waals surface area contributed by atoms with Gasteiger partial charge in [0.2, 0.25) is 0 Å². The first-order valence-electron chi connectivity index (χ1n) is 6.60. The number of hydrogen-bond donors (Lipinski definition) is 0. The number of nitrogens with zero attached hydrogens (tertiary/aromatic N) is 4. The Morgan fingerprint density at radius 3 is 2.62 bits per heavy atom. The minimum absolute atomic E-state index is 0.283. The summed E-state index contributed by atoms with van der Waals surface area (Å²) in [6.45, 7) is 0. The molecule has 1 aliphatic rings. The maximum atomic E-state index is 12.5. The van der Waals surface area contributed by atoms with E-state index in [1.165, 1.54) is 0 Å². The molecule has 5 nitrogen and oxygen atoms in total. The van der Waals surface area contributed by atoms with Crippen molar-refractivity contribution in [3.63, 3.8) is 0 Å². The summed E-state index contributed by atoms with van der Waals surface area (Å²) >= 11 is 6.12. The van der Waals surface area contributed by atoms with Crippen molar-refractivity contribution in [2.75, 3.05) is 25.6 Å². The van der Waals surface area contributed by atoms with Crippen molar-refractivity contribution in [3.8, 4) is 6.07 Å². The van der Waals surface area contributed by atoms with Crippen molar-refractivity contribution >= 4 is 39.0 Å². The molecule has 1 heterocycles. The molecule has 2 rings (SSSR count). The van der Waals surface area contributed by atoms with E-state index in [0.717, 1.165) is 12.8 Å². The molecule has 1 saturated heterocycles. The zero-order valence-corrected chi connectivity index (χ0v) is 13.6. The van der Waals surface area contributed by atoms with Crippen molar-refractivity contribution in [3.05, 3.63) is 22.7 Å². The van der Waals surface area contributed by atoms with Crippen LogP contribution in [0.1, 0.15) is 18.4 Å². The van der Waals surface area contributed by atoms with Crippen LogP contribution in [0.3, 0.4) is 0 Å². The maximum Gasteiger partial charge on any atom is 0.103 e. The first-order valence-corrected chi connectivity index (χ1v) is 8.83. The normalized spacial score (nSPS) is 16.9. The van der Waals surface area contributed by atoms with E-state index in [0.29, 0.717) is 28.4 Å². The topological polar surface area (TPSA) is 68.8 Å². The monoisotopic (exact) mass is 324 g/mol. The fourth-order valence-electron chi connectivity index (χ4n) is 2.06. The summed E-state index contributed by atoms with van der Waals surface area (Å²) in [5.74, 6) is 1.25. The fourth-order valence-corrected chi connectivity index (χ4v) is 4.50. The Balaban J connectivity index is 2.51. The third-order valence-corrected chi connectivity index (χ3v) is 5.74. The van der Waals surface area contributed by atoms with Gasteiger partial charge >= 0.3 is 0 Å². The molecule has 0 saturated carbocycles. The molecule has 112 valence electrons. The number of hydrogen-bond acceptors (Lipinski definition) is 4. The van der Waals surface area contributed by atoms with E-state index in [-0.39, 0.29) is 5.02 Å². The van der Waals surface area contributed by atoms with Crippen LogP contribution in [0.4, 0.5) is 11.4 Å². The van der Waals surface area contributed by atoms with Gasteiger partial charge in [-0.05, 0) is 25.0 Å².